The van der Waals surface area contributed by atoms with Gasteiger partial charge < -0.3 is 19.1 Å². The lowest BCUT2D eigenvalue weighted by molar-refractivity contribution is -0.143. The van der Waals surface area contributed by atoms with Gasteiger partial charge in [-0.15, -0.1) is 0 Å². The molecular formula is C25H21N3O6. The summed E-state index contributed by atoms with van der Waals surface area (Å²) in [5.41, 5.74) is 3.27. The molecule has 172 valence electrons. The van der Waals surface area contributed by atoms with E-state index in [4.69, 9.17) is 25.7 Å². The van der Waals surface area contributed by atoms with Gasteiger partial charge in [-0.2, -0.15) is 4.98 Å². The van der Waals surface area contributed by atoms with Crippen LogP contribution in [0.5, 0.6) is 5.75 Å². The van der Waals surface area contributed by atoms with E-state index in [1.807, 2.05) is 26.0 Å². The molecule has 1 aliphatic carbocycles. The van der Waals surface area contributed by atoms with Crippen molar-refractivity contribution >= 4 is 23.4 Å². The number of esters is 1. The number of benzene rings is 2. The van der Waals surface area contributed by atoms with Crippen LogP contribution >= 0.6 is 0 Å². The molecule has 3 aromatic rings. The van der Waals surface area contributed by atoms with Gasteiger partial charge in [0.25, 0.3) is 5.89 Å². The third-order valence-electron chi connectivity index (χ3n) is 5.06. The number of aromatic nitrogens is 2. The molecule has 9 heteroatoms. The van der Waals surface area contributed by atoms with Crippen LogP contribution in [0.15, 0.2) is 47.0 Å². The molecule has 9 nitrogen and oxygen atoms in total. The number of ether oxygens (including phenoxy) is 2. The van der Waals surface area contributed by atoms with E-state index in [0.29, 0.717) is 35.0 Å². The normalized spacial score (nSPS) is 12.1. The van der Waals surface area contributed by atoms with Crippen LogP contribution in [0.25, 0.3) is 33.4 Å². The number of aliphatic carboxylic acids is 1. The molecule has 1 heterocycles. The summed E-state index contributed by atoms with van der Waals surface area (Å²) in [6.45, 7) is 11.2. The van der Waals surface area contributed by atoms with Crippen LogP contribution in [0.1, 0.15) is 37.8 Å². The Morgan fingerprint density at radius 2 is 2.00 bits per heavy atom. The Labute approximate surface area is 195 Å². The van der Waals surface area contributed by atoms with E-state index in [2.05, 4.69) is 15.0 Å². The van der Waals surface area contributed by atoms with Crippen molar-refractivity contribution in [3.63, 3.8) is 0 Å². The average Bonchev–Trinajstić information content (AvgIpc) is 3.45. The second-order valence-corrected chi connectivity index (χ2v) is 7.86. The second-order valence-electron chi connectivity index (χ2n) is 7.86. The number of allylic oxidation sites excluding steroid dienone is 1. The summed E-state index contributed by atoms with van der Waals surface area (Å²) in [7, 11) is 0. The van der Waals surface area contributed by atoms with Gasteiger partial charge in [0.1, 0.15) is 11.5 Å². The van der Waals surface area contributed by atoms with Gasteiger partial charge in [-0.3, -0.25) is 9.59 Å². The van der Waals surface area contributed by atoms with E-state index in [0.717, 1.165) is 16.7 Å². The van der Waals surface area contributed by atoms with Crippen LogP contribution < -0.4 is 4.74 Å². The molecule has 0 unspecified atom stereocenters. The van der Waals surface area contributed by atoms with Gasteiger partial charge in [-0.05, 0) is 50.1 Å². The summed E-state index contributed by atoms with van der Waals surface area (Å²) in [6, 6.07) is 10.6. The summed E-state index contributed by atoms with van der Waals surface area (Å²) in [5, 5.41) is 12.8. The maximum Gasteiger partial charge on any atom is 0.311 e. The minimum atomic E-state index is -1.06. The molecule has 1 aromatic heterocycles. The number of hydrogen-bond donors (Lipinski definition) is 1. The first-order valence-corrected chi connectivity index (χ1v) is 10.6. The van der Waals surface area contributed by atoms with Crippen LogP contribution in [-0.2, 0) is 20.7 Å². The lowest BCUT2D eigenvalue weighted by atomic mass is 10.0. The first-order valence-electron chi connectivity index (χ1n) is 10.6. The Morgan fingerprint density at radius 3 is 2.74 bits per heavy atom. The van der Waals surface area contributed by atoms with Gasteiger partial charge in [0.05, 0.1) is 25.5 Å². The number of rotatable bonds is 8. The third kappa shape index (κ3) is 4.81. The summed E-state index contributed by atoms with van der Waals surface area (Å²) in [5.74, 6) is -0.150. The summed E-state index contributed by atoms with van der Waals surface area (Å²) in [6.07, 6.45) is 1.72. The third-order valence-corrected chi connectivity index (χ3v) is 5.06. The lowest BCUT2D eigenvalue weighted by Crippen LogP contribution is -2.06. The van der Waals surface area contributed by atoms with Crippen LogP contribution in [0.4, 0.5) is 5.69 Å². The van der Waals surface area contributed by atoms with Crippen molar-refractivity contribution in [3.05, 3.63) is 65.0 Å². The smallest absolute Gasteiger partial charge is 0.311 e. The van der Waals surface area contributed by atoms with Crippen molar-refractivity contribution in [2.45, 2.75) is 39.2 Å². The quantitative estimate of drug-likeness (QED) is 0.368. The average molecular weight is 459 g/mol. The number of fused-ring (bicyclic) bond motifs is 1. The molecule has 1 aliphatic rings. The maximum absolute atomic E-state index is 12.0. The Bertz CT molecular complexity index is 1330. The largest absolute Gasteiger partial charge is 0.502 e. The first-order chi connectivity index (χ1) is 16.4. The van der Waals surface area contributed by atoms with Crippen molar-refractivity contribution in [1.29, 1.82) is 0 Å². The molecule has 0 radical (unpaired) electrons. The summed E-state index contributed by atoms with van der Waals surface area (Å²) in [4.78, 5) is 30.7. The van der Waals surface area contributed by atoms with Crippen molar-refractivity contribution in [2.24, 2.45) is 0 Å². The van der Waals surface area contributed by atoms with Crippen LogP contribution in [0.3, 0.4) is 0 Å². The molecular weight excluding hydrogens is 438 g/mol. The molecule has 0 aliphatic heterocycles. The summed E-state index contributed by atoms with van der Waals surface area (Å²) >= 11 is 0. The van der Waals surface area contributed by atoms with Crippen LogP contribution in [-0.4, -0.2) is 33.3 Å². The highest BCUT2D eigenvalue weighted by Gasteiger charge is 2.24. The van der Waals surface area contributed by atoms with Gasteiger partial charge in [0, 0.05) is 16.7 Å². The summed E-state index contributed by atoms with van der Waals surface area (Å²) < 4.78 is 16.5. The monoisotopic (exact) mass is 459 g/mol. The molecule has 4 rings (SSSR count). The fourth-order valence-corrected chi connectivity index (χ4v) is 3.57. The zero-order valence-electron chi connectivity index (χ0n) is 18.6. The van der Waals surface area contributed by atoms with Gasteiger partial charge >= 0.3 is 11.9 Å². The fourth-order valence-electron chi connectivity index (χ4n) is 3.57. The van der Waals surface area contributed by atoms with Gasteiger partial charge in [-0.1, -0.05) is 23.4 Å². The first kappa shape index (κ1) is 22.7. The molecule has 1 N–H and O–H groups in total. The molecule has 0 fully saturated rings. The van der Waals surface area contributed by atoms with E-state index < -0.39 is 11.9 Å². The lowest BCUT2D eigenvalue weighted by Gasteiger charge is -2.11. The van der Waals surface area contributed by atoms with Crippen molar-refractivity contribution in [1.82, 2.24) is 10.1 Å². The Hall–Kier alpha value is -4.45. The molecule has 34 heavy (non-hydrogen) atoms. The Kier molecular flexibility index (Phi) is 6.41. The minimum Gasteiger partial charge on any atom is -0.502 e. The number of carbonyl (C=O) groups is 2. The number of carbonyl (C=O) groups excluding carboxylic acids is 1. The van der Waals surface area contributed by atoms with E-state index in [1.165, 1.54) is 0 Å². The highest BCUT2D eigenvalue weighted by molar-refractivity contribution is 5.85. The molecule has 0 atom stereocenters. The number of carboxylic acid groups (broad SMARTS) is 1. The minimum absolute atomic E-state index is 0.0588. The molecule has 0 saturated carbocycles. The topological polar surface area (TPSA) is 116 Å². The van der Waals surface area contributed by atoms with Crippen LogP contribution in [0.2, 0.25) is 0 Å². The van der Waals surface area contributed by atoms with E-state index in [-0.39, 0.29) is 24.8 Å². The molecule has 2 aromatic carbocycles. The molecule has 0 saturated heterocycles. The standard InChI is InChI=1S/C25H21N3O6/c1-14(2)32-21-9-7-15(13-19(21)26-3)25-27-24(28-34-25)18-6-4-5-17-16(18)8-10-20(17)33-23(31)12-11-22(29)30/h4-7,9-10,13-14H,8,11-12H2,1-2H3,(H,29,30). The predicted molar refractivity (Wildman–Crippen MR) is 122 cm³/mol. The van der Waals surface area contributed by atoms with Crippen LogP contribution in [0, 0.1) is 6.57 Å². The number of carboxylic acids is 1. The maximum atomic E-state index is 12.0. The number of nitrogens with zero attached hydrogens (tertiary/aromatic N) is 3. The molecule has 0 spiro atoms. The van der Waals surface area contributed by atoms with Crippen molar-refractivity contribution < 1.29 is 28.7 Å². The van der Waals surface area contributed by atoms with E-state index >= 15 is 0 Å². The van der Waals surface area contributed by atoms with E-state index in [9.17, 15) is 9.59 Å². The molecule has 0 bridgehead atoms. The SMILES string of the molecule is [C-]#[N+]c1cc(-c2nc(-c3cccc4c3CC=C4OC(=O)CCC(=O)O)no2)ccc1OC(C)C. The highest BCUT2D eigenvalue weighted by atomic mass is 16.5. The van der Waals surface area contributed by atoms with E-state index in [1.54, 1.807) is 30.3 Å². The zero-order valence-corrected chi connectivity index (χ0v) is 18.6. The van der Waals surface area contributed by atoms with Crippen molar-refractivity contribution in [3.8, 4) is 28.6 Å². The predicted octanol–water partition coefficient (Wildman–Crippen LogP) is 5.05. The molecule has 0 amide bonds. The second kappa shape index (κ2) is 9.58. The fraction of sp³-hybridized carbons (Fsp3) is 0.240. The van der Waals surface area contributed by atoms with Gasteiger partial charge in [0.2, 0.25) is 11.5 Å². The number of hydrogen-bond acceptors (Lipinski definition) is 7. The zero-order chi connectivity index (χ0) is 24.2. The Balaban J connectivity index is 1.57. The van der Waals surface area contributed by atoms with Gasteiger partial charge in [-0.25, -0.2) is 4.85 Å². The van der Waals surface area contributed by atoms with Gasteiger partial charge in [0.15, 0.2) is 0 Å². The van der Waals surface area contributed by atoms with Crippen molar-refractivity contribution in [2.75, 3.05) is 0 Å². The highest BCUT2D eigenvalue weighted by Crippen LogP contribution is 2.37. The Morgan fingerprint density at radius 1 is 1.21 bits per heavy atom.